The van der Waals surface area contributed by atoms with Crippen LogP contribution in [0.15, 0.2) is 53.6 Å². The Labute approximate surface area is 251 Å². The normalized spacial score (nSPS) is 11.2. The number of rotatable bonds is 18. The minimum absolute atomic E-state index is 0.122. The van der Waals surface area contributed by atoms with E-state index >= 15 is 0 Å². The second kappa shape index (κ2) is 18.3. The van der Waals surface area contributed by atoms with Crippen molar-refractivity contribution < 1.29 is 19.1 Å². The first-order chi connectivity index (χ1) is 20.0. The number of carbonyl (C=O) groups is 3. The number of benzene rings is 2. The Morgan fingerprint density at radius 3 is 2.15 bits per heavy atom. The van der Waals surface area contributed by atoms with E-state index in [4.69, 9.17) is 16.3 Å². The number of ether oxygens (including phenoxy) is 1. The lowest BCUT2D eigenvalue weighted by Crippen LogP contribution is -2.34. The molecule has 2 aromatic carbocycles. The molecule has 2 amide bonds. The molecule has 0 radical (unpaired) electrons. The molecular weight excluding hydrogens is 558 g/mol. The molecule has 0 atom stereocenters. The molecule has 41 heavy (non-hydrogen) atoms. The number of halogens is 1. The molecule has 9 heteroatoms. The molecule has 0 saturated carbocycles. The molecule has 7 nitrogen and oxygen atoms in total. The van der Waals surface area contributed by atoms with E-state index in [0.717, 1.165) is 29.3 Å². The Bertz CT molecular complexity index is 1290. The quantitative estimate of drug-likeness (QED) is 0.0510. The van der Waals surface area contributed by atoms with Gasteiger partial charge in [0.05, 0.1) is 17.8 Å². The second-order valence-corrected chi connectivity index (χ2v) is 11.5. The van der Waals surface area contributed by atoms with Crippen LogP contribution in [0, 0.1) is 0 Å². The van der Waals surface area contributed by atoms with Crippen molar-refractivity contribution in [2.24, 2.45) is 5.10 Å². The summed E-state index contributed by atoms with van der Waals surface area (Å²) >= 11 is 7.65. The van der Waals surface area contributed by atoms with Crippen molar-refractivity contribution in [1.29, 1.82) is 0 Å². The van der Waals surface area contributed by atoms with Crippen molar-refractivity contribution in [3.63, 3.8) is 0 Å². The summed E-state index contributed by atoms with van der Waals surface area (Å²) in [5.74, 6) is -0.679. The average Bonchev–Trinajstić information content (AvgIpc) is 3.32. The maximum Gasteiger partial charge on any atom is 0.355 e. The molecule has 0 fully saturated rings. The summed E-state index contributed by atoms with van der Waals surface area (Å²) < 4.78 is 6.39. The number of esters is 1. The predicted octanol–water partition coefficient (Wildman–Crippen LogP) is 8.04. The lowest BCUT2D eigenvalue weighted by atomic mass is 10.1. The van der Waals surface area contributed by atoms with Crippen LogP contribution >= 0.6 is 22.9 Å². The van der Waals surface area contributed by atoms with Crippen LogP contribution in [0.4, 0.5) is 0 Å². The van der Waals surface area contributed by atoms with Crippen molar-refractivity contribution in [3.05, 3.63) is 64.0 Å². The summed E-state index contributed by atoms with van der Waals surface area (Å²) in [5, 5.41) is 7.77. The van der Waals surface area contributed by atoms with E-state index in [1.807, 2.05) is 24.3 Å². The van der Waals surface area contributed by atoms with Gasteiger partial charge in [0.15, 0.2) is 0 Å². The Hall–Kier alpha value is -3.23. The lowest BCUT2D eigenvalue weighted by Gasteiger charge is -2.05. The van der Waals surface area contributed by atoms with Crippen LogP contribution in [0.3, 0.4) is 0 Å². The van der Waals surface area contributed by atoms with E-state index < -0.39 is 11.9 Å². The molecule has 1 aromatic heterocycles. The number of nitrogens with one attached hydrogen (secondary N) is 2. The number of thiophene rings is 1. The molecule has 0 aliphatic carbocycles. The van der Waals surface area contributed by atoms with Gasteiger partial charge in [0, 0.05) is 16.5 Å². The van der Waals surface area contributed by atoms with E-state index in [9.17, 15) is 14.4 Å². The van der Waals surface area contributed by atoms with Crippen LogP contribution in [0.1, 0.15) is 99.2 Å². The molecule has 0 aliphatic rings. The zero-order chi connectivity index (χ0) is 29.3. The maximum atomic E-state index is 12.6. The van der Waals surface area contributed by atoms with Gasteiger partial charge in [-0.3, -0.25) is 9.59 Å². The van der Waals surface area contributed by atoms with E-state index in [0.29, 0.717) is 27.6 Å². The smallest absolute Gasteiger partial charge is 0.355 e. The number of nitrogens with zero attached hydrogens (tertiary/aromatic N) is 1. The molecule has 0 bridgehead atoms. The molecule has 2 N–H and O–H groups in total. The highest BCUT2D eigenvalue weighted by molar-refractivity contribution is 7.21. The van der Waals surface area contributed by atoms with E-state index in [2.05, 4.69) is 22.8 Å². The summed E-state index contributed by atoms with van der Waals surface area (Å²) in [6, 6.07) is 14.2. The third kappa shape index (κ3) is 11.7. The van der Waals surface area contributed by atoms with Crippen molar-refractivity contribution in [1.82, 2.24) is 10.7 Å². The zero-order valence-electron chi connectivity index (χ0n) is 23.8. The minimum Gasteiger partial charge on any atom is -0.422 e. The number of hydrogen-bond donors (Lipinski definition) is 2. The summed E-state index contributed by atoms with van der Waals surface area (Å²) in [5.41, 5.74) is 3.10. The van der Waals surface area contributed by atoms with Crippen LogP contribution in [-0.2, 0) is 9.59 Å². The van der Waals surface area contributed by atoms with Gasteiger partial charge in [0.25, 0.3) is 5.91 Å². The van der Waals surface area contributed by atoms with Gasteiger partial charge in [-0.1, -0.05) is 101 Å². The Balaban J connectivity index is 1.26. The second-order valence-electron chi connectivity index (χ2n) is 10.1. The molecule has 0 saturated heterocycles. The van der Waals surface area contributed by atoms with Crippen molar-refractivity contribution >= 4 is 57.0 Å². The highest BCUT2D eigenvalue weighted by Crippen LogP contribution is 2.35. The van der Waals surface area contributed by atoms with Gasteiger partial charge in [-0.05, 0) is 42.3 Å². The molecule has 3 aromatic rings. The fourth-order valence-corrected chi connectivity index (χ4v) is 5.74. The van der Waals surface area contributed by atoms with Gasteiger partial charge in [0.2, 0.25) is 5.91 Å². The van der Waals surface area contributed by atoms with Crippen LogP contribution in [0.2, 0.25) is 5.02 Å². The van der Waals surface area contributed by atoms with Gasteiger partial charge in [-0.25, -0.2) is 10.2 Å². The first-order valence-corrected chi connectivity index (χ1v) is 15.7. The summed E-state index contributed by atoms with van der Waals surface area (Å²) in [6.07, 6.45) is 15.4. The predicted molar refractivity (Wildman–Crippen MR) is 168 cm³/mol. The maximum absolute atomic E-state index is 12.6. The van der Waals surface area contributed by atoms with Crippen LogP contribution in [-0.4, -0.2) is 30.5 Å². The van der Waals surface area contributed by atoms with Gasteiger partial charge in [-0.2, -0.15) is 5.10 Å². The van der Waals surface area contributed by atoms with E-state index in [-0.39, 0.29) is 12.5 Å². The standard InChI is InChI=1S/C32H40ClN3O4S/c1-2-3-4-5-6-7-8-9-10-11-12-17-28(37)34-23-29(38)36-35-22-24-18-20-25(21-19-24)40-32(39)31-30(33)26-15-13-14-16-27(26)41-31/h13-16,18-22H,2-12,17,23H2,1H3,(H,34,37)(H,36,38). The molecule has 220 valence electrons. The van der Waals surface area contributed by atoms with E-state index in [1.54, 1.807) is 24.3 Å². The first kappa shape index (κ1) is 32.3. The average molecular weight is 598 g/mol. The van der Waals surface area contributed by atoms with Crippen LogP contribution in [0.25, 0.3) is 10.1 Å². The molecule has 3 rings (SSSR count). The molecule has 0 unspecified atom stereocenters. The largest absolute Gasteiger partial charge is 0.422 e. The molecule has 0 spiro atoms. The molecule has 1 heterocycles. The monoisotopic (exact) mass is 597 g/mol. The fourth-order valence-electron chi connectivity index (χ4n) is 4.36. The topological polar surface area (TPSA) is 96.9 Å². The summed E-state index contributed by atoms with van der Waals surface area (Å²) in [4.78, 5) is 36.9. The third-order valence-corrected chi connectivity index (χ3v) is 8.32. The third-order valence-electron chi connectivity index (χ3n) is 6.67. The Kier molecular flexibility index (Phi) is 14.4. The van der Waals surface area contributed by atoms with Crippen molar-refractivity contribution in [3.8, 4) is 5.75 Å². The highest BCUT2D eigenvalue weighted by Gasteiger charge is 2.18. The first-order valence-electron chi connectivity index (χ1n) is 14.6. The highest BCUT2D eigenvalue weighted by atomic mass is 35.5. The number of unbranched alkanes of at least 4 members (excludes halogenated alkanes) is 10. The van der Waals surface area contributed by atoms with Crippen LogP contribution < -0.4 is 15.5 Å². The zero-order valence-corrected chi connectivity index (χ0v) is 25.3. The summed E-state index contributed by atoms with van der Waals surface area (Å²) in [7, 11) is 0. The van der Waals surface area contributed by atoms with Crippen molar-refractivity contribution in [2.75, 3.05) is 6.54 Å². The lowest BCUT2D eigenvalue weighted by molar-refractivity contribution is -0.126. The van der Waals surface area contributed by atoms with Gasteiger partial charge < -0.3 is 10.1 Å². The van der Waals surface area contributed by atoms with E-state index in [1.165, 1.54) is 68.9 Å². The Morgan fingerprint density at radius 2 is 1.49 bits per heavy atom. The molecular formula is C32H40ClN3O4S. The van der Waals surface area contributed by atoms with Crippen LogP contribution in [0.5, 0.6) is 5.75 Å². The van der Waals surface area contributed by atoms with Gasteiger partial charge in [0.1, 0.15) is 10.6 Å². The SMILES string of the molecule is CCCCCCCCCCCCCC(=O)NCC(=O)NN=Cc1ccc(OC(=O)c2sc3ccccc3c2Cl)cc1. The number of hydrazone groups is 1. The fraction of sp³-hybridized carbons (Fsp3) is 0.438. The van der Waals surface area contributed by atoms with Crippen molar-refractivity contribution in [2.45, 2.75) is 84.0 Å². The number of fused-ring (bicyclic) bond motifs is 1. The van der Waals surface area contributed by atoms with Gasteiger partial charge >= 0.3 is 5.97 Å². The number of hydrogen-bond acceptors (Lipinski definition) is 6. The van der Waals surface area contributed by atoms with Gasteiger partial charge in [-0.15, -0.1) is 11.3 Å². The molecule has 0 aliphatic heterocycles. The number of amides is 2. The number of carbonyl (C=O) groups excluding carboxylic acids is 3. The minimum atomic E-state index is -0.518. The summed E-state index contributed by atoms with van der Waals surface area (Å²) in [6.45, 7) is 2.12. The Morgan fingerprint density at radius 1 is 0.854 bits per heavy atom.